The Labute approximate surface area is 129 Å². The predicted octanol–water partition coefficient (Wildman–Crippen LogP) is 1.80. The van der Waals surface area contributed by atoms with Gasteiger partial charge in [0.05, 0.1) is 18.0 Å². The zero-order chi connectivity index (χ0) is 16.3. The van der Waals surface area contributed by atoms with Crippen LogP contribution in [-0.4, -0.2) is 41.0 Å². The van der Waals surface area contributed by atoms with Gasteiger partial charge in [0.2, 0.25) is 5.91 Å². The second-order valence-electron chi connectivity index (χ2n) is 5.78. The standard InChI is InChI=1S/C16H21FN2O3/c1-10(12-3-5-14(17)6-4-12)18-15(20)11(2)19-8-7-13(9-19)16(21)22/h3-6,10-11,13H,7-9H2,1-2H3,(H,18,20)(H,21,22). The van der Waals surface area contributed by atoms with E-state index in [0.717, 1.165) is 5.56 Å². The maximum Gasteiger partial charge on any atom is 0.307 e. The van der Waals surface area contributed by atoms with Crippen molar-refractivity contribution in [2.75, 3.05) is 13.1 Å². The van der Waals surface area contributed by atoms with Crippen LogP contribution in [0, 0.1) is 11.7 Å². The third-order valence-corrected chi connectivity index (χ3v) is 4.22. The Balaban J connectivity index is 1.91. The number of amides is 1. The lowest BCUT2D eigenvalue weighted by Crippen LogP contribution is -2.45. The van der Waals surface area contributed by atoms with E-state index in [1.807, 2.05) is 11.8 Å². The number of benzene rings is 1. The second kappa shape index (κ2) is 6.87. The summed E-state index contributed by atoms with van der Waals surface area (Å²) in [6.45, 7) is 4.62. The minimum Gasteiger partial charge on any atom is -0.481 e. The molecule has 1 heterocycles. The van der Waals surface area contributed by atoms with Gasteiger partial charge < -0.3 is 10.4 Å². The number of halogens is 1. The first-order valence-electron chi connectivity index (χ1n) is 7.41. The van der Waals surface area contributed by atoms with Crippen LogP contribution in [0.4, 0.5) is 4.39 Å². The van der Waals surface area contributed by atoms with Crippen LogP contribution in [-0.2, 0) is 9.59 Å². The minimum atomic E-state index is -0.810. The average Bonchev–Trinajstić information content (AvgIpc) is 2.97. The topological polar surface area (TPSA) is 69.6 Å². The van der Waals surface area contributed by atoms with Crippen molar-refractivity contribution in [3.8, 4) is 0 Å². The zero-order valence-corrected chi connectivity index (χ0v) is 12.8. The average molecular weight is 308 g/mol. The van der Waals surface area contributed by atoms with Crippen molar-refractivity contribution in [3.05, 3.63) is 35.6 Å². The molecule has 6 heteroatoms. The van der Waals surface area contributed by atoms with Crippen molar-refractivity contribution in [2.24, 2.45) is 5.92 Å². The van der Waals surface area contributed by atoms with Gasteiger partial charge in [-0.25, -0.2) is 4.39 Å². The van der Waals surface area contributed by atoms with Crippen molar-refractivity contribution in [2.45, 2.75) is 32.4 Å². The Kier molecular flexibility index (Phi) is 5.13. The summed E-state index contributed by atoms with van der Waals surface area (Å²) in [5, 5.41) is 11.9. The minimum absolute atomic E-state index is 0.150. The summed E-state index contributed by atoms with van der Waals surface area (Å²) in [4.78, 5) is 25.1. The summed E-state index contributed by atoms with van der Waals surface area (Å²) in [6.07, 6.45) is 0.570. The molecule has 1 fully saturated rings. The van der Waals surface area contributed by atoms with E-state index in [1.54, 1.807) is 19.1 Å². The van der Waals surface area contributed by atoms with Crippen molar-refractivity contribution in [1.82, 2.24) is 10.2 Å². The number of carboxylic acid groups (broad SMARTS) is 1. The molecule has 0 bridgehead atoms. The Hall–Kier alpha value is -1.95. The van der Waals surface area contributed by atoms with E-state index in [0.29, 0.717) is 19.5 Å². The molecule has 0 radical (unpaired) electrons. The number of nitrogens with one attached hydrogen (secondary N) is 1. The van der Waals surface area contributed by atoms with Crippen LogP contribution in [0.3, 0.4) is 0 Å². The number of aliphatic carboxylic acids is 1. The Morgan fingerprint density at radius 3 is 2.50 bits per heavy atom. The fraction of sp³-hybridized carbons (Fsp3) is 0.500. The SMILES string of the molecule is CC(NC(=O)C(C)N1CCC(C(=O)O)C1)c1ccc(F)cc1. The van der Waals surface area contributed by atoms with E-state index < -0.39 is 11.9 Å². The number of carboxylic acids is 1. The lowest BCUT2D eigenvalue weighted by molar-refractivity contribution is -0.141. The van der Waals surface area contributed by atoms with Gasteiger partial charge in [-0.2, -0.15) is 0 Å². The Morgan fingerprint density at radius 2 is 1.95 bits per heavy atom. The number of carbonyl (C=O) groups is 2. The van der Waals surface area contributed by atoms with E-state index in [1.165, 1.54) is 12.1 Å². The van der Waals surface area contributed by atoms with Gasteiger partial charge in [0.1, 0.15) is 5.82 Å². The highest BCUT2D eigenvalue weighted by Gasteiger charge is 2.33. The molecule has 120 valence electrons. The molecule has 1 aromatic carbocycles. The van der Waals surface area contributed by atoms with E-state index in [9.17, 15) is 14.0 Å². The molecule has 2 N–H and O–H groups in total. The summed E-state index contributed by atoms with van der Waals surface area (Å²) < 4.78 is 12.9. The van der Waals surface area contributed by atoms with Crippen LogP contribution in [0.25, 0.3) is 0 Å². The Morgan fingerprint density at radius 1 is 1.32 bits per heavy atom. The maximum absolute atomic E-state index is 12.9. The van der Waals surface area contributed by atoms with Crippen LogP contribution in [0.2, 0.25) is 0 Å². The van der Waals surface area contributed by atoms with E-state index in [-0.39, 0.29) is 23.8 Å². The lowest BCUT2D eigenvalue weighted by Gasteiger charge is -2.25. The number of nitrogens with zero attached hydrogens (tertiary/aromatic N) is 1. The number of hydrogen-bond acceptors (Lipinski definition) is 3. The molecule has 0 aromatic heterocycles. The van der Waals surface area contributed by atoms with Gasteiger partial charge in [-0.3, -0.25) is 14.5 Å². The monoisotopic (exact) mass is 308 g/mol. The van der Waals surface area contributed by atoms with Gasteiger partial charge in [-0.1, -0.05) is 12.1 Å². The molecule has 3 atom stereocenters. The fourth-order valence-electron chi connectivity index (χ4n) is 2.68. The molecule has 1 amide bonds. The van der Waals surface area contributed by atoms with Gasteiger partial charge in [0.15, 0.2) is 0 Å². The molecule has 1 aromatic rings. The van der Waals surface area contributed by atoms with Crippen LogP contribution >= 0.6 is 0 Å². The van der Waals surface area contributed by atoms with Gasteiger partial charge in [0.25, 0.3) is 0 Å². The van der Waals surface area contributed by atoms with Crippen LogP contribution in [0.1, 0.15) is 31.9 Å². The van der Waals surface area contributed by atoms with Crippen LogP contribution in [0.5, 0.6) is 0 Å². The van der Waals surface area contributed by atoms with Crippen molar-refractivity contribution >= 4 is 11.9 Å². The summed E-state index contributed by atoms with van der Waals surface area (Å²) in [7, 11) is 0. The van der Waals surface area contributed by atoms with Gasteiger partial charge >= 0.3 is 5.97 Å². The van der Waals surface area contributed by atoms with E-state index in [4.69, 9.17) is 5.11 Å². The first-order valence-corrected chi connectivity index (χ1v) is 7.41. The summed E-state index contributed by atoms with van der Waals surface area (Å²) >= 11 is 0. The highest BCUT2D eigenvalue weighted by molar-refractivity contribution is 5.82. The maximum atomic E-state index is 12.9. The van der Waals surface area contributed by atoms with Crippen molar-refractivity contribution in [1.29, 1.82) is 0 Å². The van der Waals surface area contributed by atoms with Crippen molar-refractivity contribution in [3.63, 3.8) is 0 Å². The Bertz CT molecular complexity index is 547. The number of rotatable bonds is 5. The quantitative estimate of drug-likeness (QED) is 0.870. The van der Waals surface area contributed by atoms with Crippen LogP contribution < -0.4 is 5.32 Å². The van der Waals surface area contributed by atoms with Crippen molar-refractivity contribution < 1.29 is 19.1 Å². The molecule has 0 aliphatic carbocycles. The molecule has 1 aliphatic heterocycles. The summed E-state index contributed by atoms with van der Waals surface area (Å²) in [6, 6.07) is 5.39. The molecule has 2 rings (SSSR count). The van der Waals surface area contributed by atoms with Gasteiger partial charge in [-0.15, -0.1) is 0 Å². The van der Waals surface area contributed by atoms with E-state index >= 15 is 0 Å². The number of hydrogen-bond donors (Lipinski definition) is 2. The molecular weight excluding hydrogens is 287 g/mol. The third-order valence-electron chi connectivity index (χ3n) is 4.22. The number of likely N-dealkylation sites (tertiary alicyclic amines) is 1. The summed E-state index contributed by atoms with van der Waals surface area (Å²) in [5.41, 5.74) is 0.826. The molecular formula is C16H21FN2O3. The molecule has 1 aliphatic rings. The molecule has 0 saturated carbocycles. The zero-order valence-electron chi connectivity index (χ0n) is 12.8. The van der Waals surface area contributed by atoms with Gasteiger partial charge in [-0.05, 0) is 44.5 Å². The fourth-order valence-corrected chi connectivity index (χ4v) is 2.68. The second-order valence-corrected chi connectivity index (χ2v) is 5.78. The predicted molar refractivity (Wildman–Crippen MR) is 79.7 cm³/mol. The third kappa shape index (κ3) is 3.82. The van der Waals surface area contributed by atoms with E-state index in [2.05, 4.69) is 5.32 Å². The van der Waals surface area contributed by atoms with Gasteiger partial charge in [0, 0.05) is 6.54 Å². The molecule has 0 spiro atoms. The smallest absolute Gasteiger partial charge is 0.307 e. The largest absolute Gasteiger partial charge is 0.481 e. The normalized spacial score (nSPS) is 21.3. The molecule has 1 saturated heterocycles. The first kappa shape index (κ1) is 16.4. The number of carbonyl (C=O) groups excluding carboxylic acids is 1. The highest BCUT2D eigenvalue weighted by atomic mass is 19.1. The highest BCUT2D eigenvalue weighted by Crippen LogP contribution is 2.20. The summed E-state index contributed by atoms with van der Waals surface area (Å²) in [5.74, 6) is -1.67. The van der Waals surface area contributed by atoms with Crippen LogP contribution in [0.15, 0.2) is 24.3 Å². The molecule has 22 heavy (non-hydrogen) atoms. The lowest BCUT2D eigenvalue weighted by atomic mass is 10.1. The first-order chi connectivity index (χ1) is 10.4. The molecule has 3 unspecified atom stereocenters. The molecule has 5 nitrogen and oxygen atoms in total.